The number of carbonyl (C=O) groups excluding carboxylic acids is 1. The molecule has 1 N–H and O–H groups in total. The van der Waals surface area contributed by atoms with E-state index < -0.39 is 0 Å². The highest BCUT2D eigenvalue weighted by Crippen LogP contribution is 2.21. The number of H-pyrrole nitrogens is 1. The highest BCUT2D eigenvalue weighted by atomic mass is 16.5. The second-order valence-corrected chi connectivity index (χ2v) is 4.26. The molecule has 100 valence electrons. The Balaban J connectivity index is 2.31. The highest BCUT2D eigenvalue weighted by Gasteiger charge is 2.14. The maximum atomic E-state index is 11.7. The van der Waals surface area contributed by atoms with Crippen molar-refractivity contribution in [3.63, 3.8) is 0 Å². The molecule has 0 radical (unpaired) electrons. The fourth-order valence-electron chi connectivity index (χ4n) is 1.87. The lowest BCUT2D eigenvalue weighted by Gasteiger charge is -2.04. The fourth-order valence-corrected chi connectivity index (χ4v) is 1.87. The molecule has 0 saturated carbocycles. The number of methoxy groups -OCH3 is 1. The first-order valence-corrected chi connectivity index (χ1v) is 6.32. The molecule has 0 amide bonds. The number of rotatable bonds is 5. The Morgan fingerprint density at radius 2 is 2.26 bits per heavy atom. The number of unbranched alkanes of at least 4 members (excludes halogenated alkanes) is 1. The van der Waals surface area contributed by atoms with Crippen molar-refractivity contribution < 1.29 is 9.53 Å². The van der Waals surface area contributed by atoms with Crippen LogP contribution in [-0.4, -0.2) is 28.0 Å². The van der Waals surface area contributed by atoms with Crippen LogP contribution in [0, 0.1) is 0 Å². The van der Waals surface area contributed by atoms with Gasteiger partial charge in [0.15, 0.2) is 0 Å². The van der Waals surface area contributed by atoms with Gasteiger partial charge in [0.1, 0.15) is 5.82 Å². The summed E-state index contributed by atoms with van der Waals surface area (Å²) in [7, 11) is 1.37. The minimum absolute atomic E-state index is 0.373. The summed E-state index contributed by atoms with van der Waals surface area (Å²) in [6, 6.07) is 1.65. The van der Waals surface area contributed by atoms with Crippen LogP contribution in [0.5, 0.6) is 0 Å². The Morgan fingerprint density at radius 1 is 1.42 bits per heavy atom. The Bertz CT molecular complexity index is 563. The van der Waals surface area contributed by atoms with Crippen molar-refractivity contribution in [1.82, 2.24) is 15.0 Å². The van der Waals surface area contributed by atoms with Gasteiger partial charge in [-0.05, 0) is 12.5 Å². The molecule has 0 aliphatic carbocycles. The molecule has 0 bridgehead atoms. The molecule has 0 unspecified atom stereocenters. The average molecular weight is 259 g/mol. The van der Waals surface area contributed by atoms with Crippen molar-refractivity contribution >= 4 is 5.97 Å². The molecule has 0 saturated heterocycles. The number of esters is 1. The summed E-state index contributed by atoms with van der Waals surface area (Å²) in [6.07, 6.45) is 8.06. The largest absolute Gasteiger partial charge is 0.465 e. The number of ether oxygens (including phenoxy) is 1. The van der Waals surface area contributed by atoms with E-state index in [1.54, 1.807) is 24.7 Å². The fraction of sp³-hybridized carbons (Fsp3) is 0.357. The molecule has 0 aliphatic rings. The molecule has 0 spiro atoms. The van der Waals surface area contributed by atoms with Crippen molar-refractivity contribution in [2.75, 3.05) is 7.11 Å². The van der Waals surface area contributed by atoms with Gasteiger partial charge in [-0.1, -0.05) is 13.3 Å². The predicted octanol–water partition coefficient (Wildman–Crippen LogP) is 2.60. The van der Waals surface area contributed by atoms with E-state index in [1.807, 2.05) is 0 Å². The third kappa shape index (κ3) is 2.99. The van der Waals surface area contributed by atoms with Crippen molar-refractivity contribution in [1.29, 1.82) is 0 Å². The van der Waals surface area contributed by atoms with Crippen molar-refractivity contribution in [2.45, 2.75) is 26.2 Å². The SMILES string of the molecule is CCCCc1ncc(-c2cnccc2C(=O)OC)[nH]1. The van der Waals surface area contributed by atoms with Crippen LogP contribution in [0.15, 0.2) is 24.7 Å². The first-order valence-electron chi connectivity index (χ1n) is 6.32. The number of hydrogen-bond donors (Lipinski definition) is 1. The van der Waals surface area contributed by atoms with E-state index in [9.17, 15) is 4.79 Å². The molecule has 0 fully saturated rings. The summed E-state index contributed by atoms with van der Waals surface area (Å²) < 4.78 is 4.77. The summed E-state index contributed by atoms with van der Waals surface area (Å²) in [5, 5.41) is 0. The Labute approximate surface area is 112 Å². The summed E-state index contributed by atoms with van der Waals surface area (Å²) in [5.41, 5.74) is 1.99. The molecular weight excluding hydrogens is 242 g/mol. The summed E-state index contributed by atoms with van der Waals surface area (Å²) in [5.74, 6) is 0.554. The van der Waals surface area contributed by atoms with E-state index >= 15 is 0 Å². The molecular formula is C14H17N3O2. The lowest BCUT2D eigenvalue weighted by atomic mass is 10.1. The van der Waals surface area contributed by atoms with Gasteiger partial charge >= 0.3 is 5.97 Å². The minimum atomic E-state index is -0.373. The maximum absolute atomic E-state index is 11.7. The van der Waals surface area contributed by atoms with Gasteiger partial charge in [-0.2, -0.15) is 0 Å². The standard InChI is InChI=1S/C14H17N3O2/c1-3-4-5-13-16-9-12(17-13)11-8-15-7-6-10(11)14(18)19-2/h6-9H,3-5H2,1-2H3,(H,16,17). The number of pyridine rings is 1. The van der Waals surface area contributed by atoms with Gasteiger partial charge in [-0.25, -0.2) is 9.78 Å². The molecule has 0 aromatic carbocycles. The molecule has 0 aliphatic heterocycles. The maximum Gasteiger partial charge on any atom is 0.338 e. The first kappa shape index (κ1) is 13.3. The van der Waals surface area contributed by atoms with Crippen LogP contribution in [0.4, 0.5) is 0 Å². The Hall–Kier alpha value is -2.17. The first-order chi connectivity index (χ1) is 9.26. The smallest absolute Gasteiger partial charge is 0.338 e. The molecule has 5 nitrogen and oxygen atoms in total. The third-order valence-electron chi connectivity index (χ3n) is 2.91. The van der Waals surface area contributed by atoms with Gasteiger partial charge in [-0.3, -0.25) is 4.98 Å². The quantitative estimate of drug-likeness (QED) is 0.838. The van der Waals surface area contributed by atoms with E-state index in [1.165, 1.54) is 7.11 Å². The van der Waals surface area contributed by atoms with Crippen LogP contribution in [-0.2, 0) is 11.2 Å². The van der Waals surface area contributed by atoms with Gasteiger partial charge in [0, 0.05) is 24.4 Å². The van der Waals surface area contributed by atoms with E-state index in [4.69, 9.17) is 4.74 Å². The average Bonchev–Trinajstić information content (AvgIpc) is 2.93. The van der Waals surface area contributed by atoms with Crippen LogP contribution >= 0.6 is 0 Å². The summed E-state index contributed by atoms with van der Waals surface area (Å²) in [4.78, 5) is 23.3. The number of nitrogens with zero attached hydrogens (tertiary/aromatic N) is 2. The highest BCUT2D eigenvalue weighted by molar-refractivity contribution is 5.96. The molecule has 2 aromatic rings. The Kier molecular flexibility index (Phi) is 4.28. The van der Waals surface area contributed by atoms with E-state index in [2.05, 4.69) is 21.9 Å². The number of hydrogen-bond acceptors (Lipinski definition) is 4. The van der Waals surface area contributed by atoms with Gasteiger partial charge in [0.05, 0.1) is 24.6 Å². The van der Waals surface area contributed by atoms with E-state index in [0.29, 0.717) is 11.1 Å². The van der Waals surface area contributed by atoms with E-state index in [-0.39, 0.29) is 5.97 Å². The van der Waals surface area contributed by atoms with Crippen LogP contribution < -0.4 is 0 Å². The monoisotopic (exact) mass is 259 g/mol. The van der Waals surface area contributed by atoms with Crippen molar-refractivity contribution in [3.8, 4) is 11.3 Å². The van der Waals surface area contributed by atoms with Gasteiger partial charge in [0.2, 0.25) is 0 Å². The Morgan fingerprint density at radius 3 is 3.00 bits per heavy atom. The zero-order chi connectivity index (χ0) is 13.7. The van der Waals surface area contributed by atoms with Crippen LogP contribution in [0.25, 0.3) is 11.3 Å². The number of aryl methyl sites for hydroxylation is 1. The molecule has 2 heterocycles. The lowest BCUT2D eigenvalue weighted by Crippen LogP contribution is -2.04. The number of aromatic amines is 1. The molecule has 2 rings (SSSR count). The number of nitrogens with one attached hydrogen (secondary N) is 1. The van der Waals surface area contributed by atoms with Crippen LogP contribution in [0.2, 0.25) is 0 Å². The number of aromatic nitrogens is 3. The topological polar surface area (TPSA) is 67.9 Å². The van der Waals surface area contributed by atoms with Crippen molar-refractivity contribution in [2.24, 2.45) is 0 Å². The second-order valence-electron chi connectivity index (χ2n) is 4.26. The van der Waals surface area contributed by atoms with Gasteiger partial charge in [0.25, 0.3) is 0 Å². The minimum Gasteiger partial charge on any atom is -0.465 e. The summed E-state index contributed by atoms with van der Waals surface area (Å²) >= 11 is 0. The summed E-state index contributed by atoms with van der Waals surface area (Å²) in [6.45, 7) is 2.14. The second kappa shape index (κ2) is 6.13. The molecule has 19 heavy (non-hydrogen) atoms. The normalized spacial score (nSPS) is 10.4. The van der Waals surface area contributed by atoms with Crippen LogP contribution in [0.1, 0.15) is 35.9 Å². The van der Waals surface area contributed by atoms with Gasteiger partial charge < -0.3 is 9.72 Å². The number of carbonyl (C=O) groups is 1. The van der Waals surface area contributed by atoms with Crippen LogP contribution in [0.3, 0.4) is 0 Å². The van der Waals surface area contributed by atoms with E-state index in [0.717, 1.165) is 30.8 Å². The number of imidazole rings is 1. The zero-order valence-corrected chi connectivity index (χ0v) is 11.1. The predicted molar refractivity (Wildman–Crippen MR) is 71.8 cm³/mol. The third-order valence-corrected chi connectivity index (χ3v) is 2.91. The zero-order valence-electron chi connectivity index (χ0n) is 11.1. The molecule has 0 atom stereocenters. The lowest BCUT2D eigenvalue weighted by molar-refractivity contribution is 0.0601. The molecule has 5 heteroatoms. The molecule has 2 aromatic heterocycles. The van der Waals surface area contributed by atoms with Crippen molar-refractivity contribution in [3.05, 3.63) is 36.0 Å². The van der Waals surface area contributed by atoms with Gasteiger partial charge in [-0.15, -0.1) is 0 Å².